The van der Waals surface area contributed by atoms with Gasteiger partial charge in [-0.25, -0.2) is 0 Å². The lowest BCUT2D eigenvalue weighted by Gasteiger charge is -2.21. The van der Waals surface area contributed by atoms with Crippen LogP contribution in [-0.4, -0.2) is 24.9 Å². The SMILES string of the molecule is CC(=O)N(CCC(=O)NCCC1=CCCCC1)c1cc(Cl)cc(Cl)c1. The highest BCUT2D eigenvalue weighted by Crippen LogP contribution is 2.25. The third kappa shape index (κ3) is 6.71. The van der Waals surface area contributed by atoms with E-state index in [-0.39, 0.29) is 18.2 Å². The molecule has 1 N–H and O–H groups in total. The van der Waals surface area contributed by atoms with Crippen LogP contribution in [0.5, 0.6) is 0 Å². The first-order chi connectivity index (χ1) is 12.0. The van der Waals surface area contributed by atoms with Crippen molar-refractivity contribution < 1.29 is 9.59 Å². The fraction of sp³-hybridized carbons (Fsp3) is 0.474. The van der Waals surface area contributed by atoms with Gasteiger partial charge in [-0.05, 0) is 50.3 Å². The highest BCUT2D eigenvalue weighted by Gasteiger charge is 2.15. The van der Waals surface area contributed by atoms with Crippen molar-refractivity contribution in [3.05, 3.63) is 39.9 Å². The number of halogens is 2. The van der Waals surface area contributed by atoms with Crippen LogP contribution in [0, 0.1) is 0 Å². The maximum absolute atomic E-state index is 12.1. The predicted octanol–water partition coefficient (Wildman–Crippen LogP) is 4.74. The Morgan fingerprint density at radius 1 is 1.16 bits per heavy atom. The molecule has 0 radical (unpaired) electrons. The summed E-state index contributed by atoms with van der Waals surface area (Å²) >= 11 is 12.0. The Bertz CT molecular complexity index is 639. The standard InChI is InChI=1S/C19H24Cl2N2O2/c1-14(24)23(18-12-16(20)11-17(21)13-18)10-8-19(25)22-9-7-15-5-3-2-4-6-15/h5,11-13H,2-4,6-10H2,1H3,(H,22,25). The molecule has 0 saturated carbocycles. The van der Waals surface area contributed by atoms with Crippen molar-refractivity contribution in [2.75, 3.05) is 18.0 Å². The monoisotopic (exact) mass is 382 g/mol. The normalized spacial score (nSPS) is 14.0. The van der Waals surface area contributed by atoms with Crippen molar-refractivity contribution in [2.45, 2.75) is 45.4 Å². The summed E-state index contributed by atoms with van der Waals surface area (Å²) in [5.41, 5.74) is 2.04. The van der Waals surface area contributed by atoms with E-state index in [9.17, 15) is 9.59 Å². The molecule has 0 spiro atoms. The number of allylic oxidation sites excluding steroid dienone is 1. The Balaban J connectivity index is 1.82. The number of carbonyl (C=O) groups excluding carboxylic acids is 2. The van der Waals surface area contributed by atoms with Gasteiger partial charge >= 0.3 is 0 Å². The summed E-state index contributed by atoms with van der Waals surface area (Å²) in [5, 5.41) is 3.84. The van der Waals surface area contributed by atoms with Crippen LogP contribution in [0.15, 0.2) is 29.8 Å². The summed E-state index contributed by atoms with van der Waals surface area (Å²) in [4.78, 5) is 25.5. The summed E-state index contributed by atoms with van der Waals surface area (Å²) in [6.45, 7) is 2.40. The molecule has 25 heavy (non-hydrogen) atoms. The zero-order valence-electron chi connectivity index (χ0n) is 14.5. The van der Waals surface area contributed by atoms with Crippen LogP contribution in [0.4, 0.5) is 5.69 Å². The Labute approximate surface area is 159 Å². The van der Waals surface area contributed by atoms with E-state index in [1.54, 1.807) is 18.2 Å². The second-order valence-corrected chi connectivity index (χ2v) is 7.13. The maximum Gasteiger partial charge on any atom is 0.223 e. The van der Waals surface area contributed by atoms with Crippen molar-refractivity contribution in [3.63, 3.8) is 0 Å². The van der Waals surface area contributed by atoms with Gasteiger partial charge in [0.15, 0.2) is 0 Å². The largest absolute Gasteiger partial charge is 0.356 e. The van der Waals surface area contributed by atoms with Gasteiger partial charge in [-0.1, -0.05) is 34.9 Å². The third-order valence-electron chi connectivity index (χ3n) is 4.25. The third-order valence-corrected chi connectivity index (χ3v) is 4.69. The van der Waals surface area contributed by atoms with Crippen LogP contribution in [0.3, 0.4) is 0 Å². The van der Waals surface area contributed by atoms with E-state index in [0.29, 0.717) is 28.8 Å². The smallest absolute Gasteiger partial charge is 0.223 e. The van der Waals surface area contributed by atoms with Gasteiger partial charge in [-0.3, -0.25) is 9.59 Å². The second-order valence-electron chi connectivity index (χ2n) is 6.26. The number of amides is 2. The van der Waals surface area contributed by atoms with Gasteiger partial charge < -0.3 is 10.2 Å². The minimum Gasteiger partial charge on any atom is -0.356 e. The zero-order valence-corrected chi connectivity index (χ0v) is 16.0. The van der Waals surface area contributed by atoms with Crippen LogP contribution in [0.25, 0.3) is 0 Å². The zero-order chi connectivity index (χ0) is 18.2. The molecular weight excluding hydrogens is 359 g/mol. The molecule has 0 atom stereocenters. The Morgan fingerprint density at radius 2 is 1.88 bits per heavy atom. The molecule has 0 heterocycles. The molecule has 6 heteroatoms. The number of hydrogen-bond acceptors (Lipinski definition) is 2. The average Bonchev–Trinajstić information content (AvgIpc) is 2.55. The fourth-order valence-corrected chi connectivity index (χ4v) is 3.47. The summed E-state index contributed by atoms with van der Waals surface area (Å²) in [6.07, 6.45) is 8.24. The molecule has 1 aromatic rings. The first-order valence-electron chi connectivity index (χ1n) is 8.64. The molecule has 4 nitrogen and oxygen atoms in total. The summed E-state index contributed by atoms with van der Waals surface area (Å²) < 4.78 is 0. The minimum absolute atomic E-state index is 0.0595. The molecule has 0 aliphatic heterocycles. The van der Waals surface area contributed by atoms with Crippen molar-refractivity contribution in [2.24, 2.45) is 0 Å². The van der Waals surface area contributed by atoms with Gasteiger partial charge in [-0.15, -0.1) is 0 Å². The number of nitrogens with one attached hydrogen (secondary N) is 1. The molecule has 2 rings (SSSR count). The number of nitrogens with zero attached hydrogens (tertiary/aromatic N) is 1. The predicted molar refractivity (Wildman–Crippen MR) is 103 cm³/mol. The van der Waals surface area contributed by atoms with Gasteiger partial charge in [0.2, 0.25) is 11.8 Å². The van der Waals surface area contributed by atoms with E-state index in [2.05, 4.69) is 11.4 Å². The van der Waals surface area contributed by atoms with Gasteiger partial charge in [0, 0.05) is 42.2 Å². The summed E-state index contributed by atoms with van der Waals surface area (Å²) in [7, 11) is 0. The van der Waals surface area contributed by atoms with Crippen LogP contribution in [0.2, 0.25) is 10.0 Å². The second kappa shape index (κ2) is 9.83. The topological polar surface area (TPSA) is 49.4 Å². The molecule has 0 unspecified atom stereocenters. The van der Waals surface area contributed by atoms with E-state index >= 15 is 0 Å². The van der Waals surface area contributed by atoms with E-state index in [1.165, 1.54) is 30.2 Å². The molecule has 1 aromatic carbocycles. The Morgan fingerprint density at radius 3 is 2.48 bits per heavy atom. The molecule has 2 amide bonds. The number of rotatable bonds is 7. The van der Waals surface area contributed by atoms with E-state index in [0.717, 1.165) is 19.3 Å². The lowest BCUT2D eigenvalue weighted by atomic mass is 9.97. The quantitative estimate of drug-likeness (QED) is 0.692. The van der Waals surface area contributed by atoms with Crippen molar-refractivity contribution in [3.8, 4) is 0 Å². The molecule has 1 aliphatic carbocycles. The van der Waals surface area contributed by atoms with Crippen LogP contribution < -0.4 is 10.2 Å². The molecule has 0 aromatic heterocycles. The van der Waals surface area contributed by atoms with Crippen molar-refractivity contribution in [1.29, 1.82) is 0 Å². The molecule has 0 saturated heterocycles. The number of carbonyl (C=O) groups is 2. The number of hydrogen-bond donors (Lipinski definition) is 1. The van der Waals surface area contributed by atoms with Crippen LogP contribution in [-0.2, 0) is 9.59 Å². The minimum atomic E-state index is -0.154. The summed E-state index contributed by atoms with van der Waals surface area (Å²) in [5.74, 6) is -0.214. The van der Waals surface area contributed by atoms with Gasteiger partial charge in [0.05, 0.1) is 0 Å². The van der Waals surface area contributed by atoms with E-state index < -0.39 is 0 Å². The summed E-state index contributed by atoms with van der Waals surface area (Å²) in [6, 6.07) is 4.95. The lowest BCUT2D eigenvalue weighted by molar-refractivity contribution is -0.121. The van der Waals surface area contributed by atoms with Gasteiger partial charge in [-0.2, -0.15) is 0 Å². The highest BCUT2D eigenvalue weighted by molar-refractivity contribution is 6.35. The maximum atomic E-state index is 12.1. The van der Waals surface area contributed by atoms with Gasteiger partial charge in [0.1, 0.15) is 0 Å². The van der Waals surface area contributed by atoms with Crippen LogP contribution >= 0.6 is 23.2 Å². The molecular formula is C19H24Cl2N2O2. The Kier molecular flexibility index (Phi) is 7.79. The Hall–Kier alpha value is -1.52. The molecule has 0 fully saturated rings. The molecule has 136 valence electrons. The fourth-order valence-electron chi connectivity index (χ4n) is 2.96. The number of anilines is 1. The lowest BCUT2D eigenvalue weighted by Crippen LogP contribution is -2.34. The van der Waals surface area contributed by atoms with Crippen molar-refractivity contribution >= 4 is 40.7 Å². The van der Waals surface area contributed by atoms with E-state index in [4.69, 9.17) is 23.2 Å². The van der Waals surface area contributed by atoms with Gasteiger partial charge in [0.25, 0.3) is 0 Å². The van der Waals surface area contributed by atoms with Crippen LogP contribution in [0.1, 0.15) is 45.4 Å². The first kappa shape index (κ1) is 19.8. The highest BCUT2D eigenvalue weighted by atomic mass is 35.5. The molecule has 1 aliphatic rings. The first-order valence-corrected chi connectivity index (χ1v) is 9.40. The van der Waals surface area contributed by atoms with Crippen molar-refractivity contribution in [1.82, 2.24) is 5.32 Å². The number of benzene rings is 1. The van der Waals surface area contributed by atoms with E-state index in [1.807, 2.05) is 0 Å². The molecule has 0 bridgehead atoms. The average molecular weight is 383 g/mol.